The lowest BCUT2D eigenvalue weighted by Crippen LogP contribution is -2.61. The van der Waals surface area contributed by atoms with E-state index in [-0.39, 0.29) is 52.8 Å². The summed E-state index contributed by atoms with van der Waals surface area (Å²) in [5, 5.41) is 12.7. The first kappa shape index (κ1) is 24.5. The number of carbonyl (C=O) groups is 1. The molecule has 1 amide bonds. The van der Waals surface area contributed by atoms with E-state index < -0.39 is 5.82 Å². The summed E-state index contributed by atoms with van der Waals surface area (Å²) in [5.74, 6) is 0.803. The lowest BCUT2D eigenvalue weighted by Gasteiger charge is -2.52. The first-order valence-electron chi connectivity index (χ1n) is 11.4. The van der Waals surface area contributed by atoms with Crippen molar-refractivity contribution in [1.29, 1.82) is 0 Å². The van der Waals surface area contributed by atoms with Gasteiger partial charge in [-0.3, -0.25) is 4.79 Å². The second-order valence-electron chi connectivity index (χ2n) is 8.74. The minimum absolute atomic E-state index is 0.0751. The third-order valence-corrected chi connectivity index (χ3v) is 7.31. The molecule has 3 aromatic rings. The summed E-state index contributed by atoms with van der Waals surface area (Å²) in [6.45, 7) is 4.67. The van der Waals surface area contributed by atoms with Crippen LogP contribution in [0.1, 0.15) is 6.42 Å². The quantitative estimate of drug-likeness (QED) is 0.323. The van der Waals surface area contributed by atoms with E-state index in [4.69, 9.17) is 32.7 Å². The van der Waals surface area contributed by atoms with Crippen LogP contribution in [0.5, 0.6) is 11.5 Å². The van der Waals surface area contributed by atoms with Gasteiger partial charge in [0.1, 0.15) is 24.9 Å². The maximum atomic E-state index is 14.7. The van der Waals surface area contributed by atoms with Crippen LogP contribution in [0.3, 0.4) is 0 Å². The first-order valence-corrected chi connectivity index (χ1v) is 12.2. The molecular formula is C25H23Cl2FN4O4. The Morgan fingerprint density at radius 2 is 2.03 bits per heavy atom. The van der Waals surface area contributed by atoms with E-state index in [2.05, 4.69) is 21.9 Å². The molecule has 0 spiro atoms. The number of anilines is 2. The normalized spacial score (nSPS) is 20.6. The summed E-state index contributed by atoms with van der Waals surface area (Å²) in [4.78, 5) is 22.4. The van der Waals surface area contributed by atoms with E-state index in [0.29, 0.717) is 41.3 Å². The number of aromatic nitrogens is 2. The highest BCUT2D eigenvalue weighted by molar-refractivity contribution is 6.42. The Morgan fingerprint density at radius 1 is 1.25 bits per heavy atom. The smallest absolute Gasteiger partial charge is 0.245 e. The molecule has 3 heterocycles. The van der Waals surface area contributed by atoms with Gasteiger partial charge in [-0.05, 0) is 30.7 Å². The number of rotatable bonds is 8. The molecule has 11 heteroatoms. The molecule has 188 valence electrons. The van der Waals surface area contributed by atoms with Gasteiger partial charge in [-0.15, -0.1) is 0 Å². The number of aliphatic hydroxyl groups excluding tert-OH is 1. The third kappa shape index (κ3) is 4.54. The summed E-state index contributed by atoms with van der Waals surface area (Å²) in [7, 11) is 0. The predicted molar refractivity (Wildman–Crippen MR) is 135 cm³/mol. The molecule has 3 aliphatic rings. The highest BCUT2D eigenvalue weighted by Gasteiger charge is 2.49. The van der Waals surface area contributed by atoms with Gasteiger partial charge < -0.3 is 24.8 Å². The van der Waals surface area contributed by atoms with E-state index in [1.165, 1.54) is 24.5 Å². The predicted octanol–water partition coefficient (Wildman–Crippen LogP) is 4.60. The zero-order valence-corrected chi connectivity index (χ0v) is 20.6. The van der Waals surface area contributed by atoms with Crippen LogP contribution in [0.4, 0.5) is 15.9 Å². The van der Waals surface area contributed by atoms with Crippen molar-refractivity contribution < 1.29 is 23.8 Å². The first-order chi connectivity index (χ1) is 17.4. The molecule has 3 fully saturated rings. The molecule has 8 nitrogen and oxygen atoms in total. The van der Waals surface area contributed by atoms with Crippen LogP contribution in [-0.2, 0) is 4.79 Å². The van der Waals surface area contributed by atoms with Crippen LogP contribution in [0.25, 0.3) is 10.9 Å². The van der Waals surface area contributed by atoms with Crippen molar-refractivity contribution in [3.63, 3.8) is 0 Å². The van der Waals surface area contributed by atoms with Gasteiger partial charge in [0, 0.05) is 36.4 Å². The summed E-state index contributed by atoms with van der Waals surface area (Å²) in [6.07, 6.45) is 3.55. The van der Waals surface area contributed by atoms with Gasteiger partial charge in [0.05, 0.1) is 27.9 Å². The monoisotopic (exact) mass is 532 g/mol. The van der Waals surface area contributed by atoms with Gasteiger partial charge >= 0.3 is 0 Å². The van der Waals surface area contributed by atoms with Gasteiger partial charge in [-0.2, -0.15) is 0 Å². The second-order valence-corrected chi connectivity index (χ2v) is 9.53. The average Bonchev–Trinajstić information content (AvgIpc) is 2.90. The average molecular weight is 533 g/mol. The number of nitrogens with zero attached hydrogens (tertiary/aromatic N) is 3. The van der Waals surface area contributed by atoms with Crippen LogP contribution in [0.2, 0.25) is 10.0 Å². The summed E-state index contributed by atoms with van der Waals surface area (Å²) < 4.78 is 26.8. The van der Waals surface area contributed by atoms with Gasteiger partial charge in [0.2, 0.25) is 5.91 Å². The molecule has 2 aliphatic heterocycles. The van der Waals surface area contributed by atoms with E-state index in [1.807, 2.05) is 0 Å². The molecule has 0 radical (unpaired) electrons. The van der Waals surface area contributed by atoms with Crippen molar-refractivity contribution >= 4 is 51.5 Å². The van der Waals surface area contributed by atoms with E-state index in [0.717, 1.165) is 6.42 Å². The number of halogens is 3. The highest BCUT2D eigenvalue weighted by atomic mass is 35.5. The van der Waals surface area contributed by atoms with Gasteiger partial charge in [-0.1, -0.05) is 29.8 Å². The summed E-state index contributed by atoms with van der Waals surface area (Å²) in [5.41, 5.74) is 0.637. The standard InChI is InChI=1S/C25H23Cl2FN4O4/c1-2-21(34)32-10-13-7-14(11-32)24(13)36-20-8-15-18(9-19(20)35-6-5-33)29-12-30-25(15)31-17-4-3-16(26)22(27)23(17)28/h2-4,8-9,12-14,24,33H,1,5-7,10-11H2,(H,29,30,31)/t13-,14+,24?. The number of aliphatic hydroxyl groups is 1. The fourth-order valence-corrected chi connectivity index (χ4v) is 5.08. The van der Waals surface area contributed by atoms with Crippen molar-refractivity contribution in [2.45, 2.75) is 12.5 Å². The number of ether oxygens (including phenoxy) is 2. The number of carbonyl (C=O) groups excluding carboxylic acids is 1. The minimum atomic E-state index is -0.698. The lowest BCUT2D eigenvalue weighted by molar-refractivity contribution is -0.142. The molecule has 1 saturated carbocycles. The molecule has 1 unspecified atom stereocenters. The van der Waals surface area contributed by atoms with E-state index in [1.54, 1.807) is 17.0 Å². The number of hydrogen-bond acceptors (Lipinski definition) is 7. The molecule has 2 aromatic carbocycles. The van der Waals surface area contributed by atoms with Crippen LogP contribution in [0.15, 0.2) is 43.2 Å². The fourth-order valence-electron chi connectivity index (χ4n) is 4.77. The molecule has 1 aromatic heterocycles. The zero-order valence-electron chi connectivity index (χ0n) is 19.1. The molecule has 36 heavy (non-hydrogen) atoms. The number of benzene rings is 2. The Kier molecular flexibility index (Phi) is 6.87. The van der Waals surface area contributed by atoms with Gasteiger partial charge in [0.25, 0.3) is 0 Å². The maximum absolute atomic E-state index is 14.7. The fraction of sp³-hybridized carbons (Fsp3) is 0.320. The number of amides is 1. The van der Waals surface area contributed by atoms with Crippen LogP contribution >= 0.6 is 23.2 Å². The summed E-state index contributed by atoms with van der Waals surface area (Å²) in [6, 6.07) is 6.39. The molecular weight excluding hydrogens is 510 g/mol. The summed E-state index contributed by atoms with van der Waals surface area (Å²) >= 11 is 11.9. The largest absolute Gasteiger partial charge is 0.487 e. The lowest BCUT2D eigenvalue weighted by atomic mass is 9.68. The molecule has 1 aliphatic carbocycles. The van der Waals surface area contributed by atoms with E-state index in [9.17, 15) is 14.3 Å². The Bertz CT molecular complexity index is 1330. The van der Waals surface area contributed by atoms with Crippen LogP contribution in [-0.4, -0.2) is 58.3 Å². The topological polar surface area (TPSA) is 96.8 Å². The molecule has 2 N–H and O–H groups in total. The zero-order chi connectivity index (χ0) is 25.4. The third-order valence-electron chi connectivity index (χ3n) is 6.53. The Morgan fingerprint density at radius 3 is 2.75 bits per heavy atom. The molecule has 6 rings (SSSR count). The Labute approximate surface area is 216 Å². The van der Waals surface area contributed by atoms with Crippen molar-refractivity contribution in [3.8, 4) is 11.5 Å². The van der Waals surface area contributed by atoms with Crippen molar-refractivity contribution in [3.05, 3.63) is 59.1 Å². The molecule has 3 atom stereocenters. The minimum Gasteiger partial charge on any atom is -0.487 e. The molecule has 2 bridgehead atoms. The van der Waals surface area contributed by atoms with Crippen molar-refractivity contribution in [2.75, 3.05) is 31.6 Å². The second kappa shape index (κ2) is 10.1. The molecule has 2 saturated heterocycles. The van der Waals surface area contributed by atoms with Crippen molar-refractivity contribution in [2.24, 2.45) is 11.8 Å². The van der Waals surface area contributed by atoms with Gasteiger partial charge in [-0.25, -0.2) is 14.4 Å². The van der Waals surface area contributed by atoms with Gasteiger partial charge in [0.15, 0.2) is 17.3 Å². The highest BCUT2D eigenvalue weighted by Crippen LogP contribution is 2.45. The Hall–Kier alpha value is -3.14. The van der Waals surface area contributed by atoms with E-state index >= 15 is 0 Å². The number of fused-ring (bicyclic) bond motifs is 3. The van der Waals surface area contributed by atoms with Crippen molar-refractivity contribution in [1.82, 2.24) is 14.9 Å². The SMILES string of the molecule is C=CC(=O)N1C[C@H]2C[C@@H](C1)C2Oc1cc2c(Nc3ccc(Cl)c(Cl)c3F)ncnc2cc1OCCO. The number of hydrogen-bond donors (Lipinski definition) is 2. The Balaban J connectivity index is 1.47. The van der Waals surface area contributed by atoms with Crippen LogP contribution < -0.4 is 14.8 Å². The van der Waals surface area contributed by atoms with Crippen LogP contribution in [0, 0.1) is 17.7 Å². The number of piperidine rings is 2. The maximum Gasteiger partial charge on any atom is 0.245 e. The number of nitrogens with one attached hydrogen (secondary N) is 1.